The van der Waals surface area contributed by atoms with Crippen molar-refractivity contribution in [3.63, 3.8) is 0 Å². The van der Waals surface area contributed by atoms with Gasteiger partial charge in [-0.25, -0.2) is 0 Å². The van der Waals surface area contributed by atoms with E-state index in [0.29, 0.717) is 6.42 Å². The molecule has 2 aromatic carbocycles. The van der Waals surface area contributed by atoms with Crippen molar-refractivity contribution in [3.8, 4) is 0 Å². The fourth-order valence-corrected chi connectivity index (χ4v) is 3.73. The second-order valence-electron chi connectivity index (χ2n) is 6.58. The van der Waals surface area contributed by atoms with Crippen LogP contribution in [-0.4, -0.2) is 5.78 Å². The van der Waals surface area contributed by atoms with Crippen molar-refractivity contribution in [3.05, 3.63) is 64.1 Å². The Morgan fingerprint density at radius 3 is 2.41 bits per heavy atom. The molecule has 0 heterocycles. The van der Waals surface area contributed by atoms with Crippen LogP contribution in [-0.2, 0) is 5.75 Å². The fraction of sp³-hybridized carbons (Fsp3) is 0.316. The van der Waals surface area contributed by atoms with Gasteiger partial charge in [0.15, 0.2) is 5.78 Å². The number of halogens is 1. The molecule has 0 radical (unpaired) electrons. The summed E-state index contributed by atoms with van der Waals surface area (Å²) >= 11 is 5.23. The number of hydrogen-bond acceptors (Lipinski definition) is 2. The van der Waals surface area contributed by atoms with Crippen molar-refractivity contribution in [2.45, 2.75) is 37.8 Å². The molecule has 1 nitrogen and oxygen atoms in total. The van der Waals surface area contributed by atoms with Crippen LogP contribution in [0.4, 0.5) is 0 Å². The largest absolute Gasteiger partial charge is 0.294 e. The van der Waals surface area contributed by atoms with E-state index >= 15 is 0 Å². The predicted molar refractivity (Wildman–Crippen MR) is 98.5 cm³/mol. The van der Waals surface area contributed by atoms with Gasteiger partial charge in [0.2, 0.25) is 0 Å². The van der Waals surface area contributed by atoms with Gasteiger partial charge < -0.3 is 0 Å². The molecule has 0 atom stereocenters. The van der Waals surface area contributed by atoms with Gasteiger partial charge in [0.05, 0.1) is 0 Å². The SMILES string of the molecule is CC(C)(C)CC(=O)c1ccc(Br)cc1SCc1ccccc1. The minimum Gasteiger partial charge on any atom is -0.294 e. The Labute approximate surface area is 145 Å². The van der Waals surface area contributed by atoms with Gasteiger partial charge in [-0.15, -0.1) is 11.8 Å². The van der Waals surface area contributed by atoms with E-state index in [0.717, 1.165) is 20.7 Å². The van der Waals surface area contributed by atoms with Crippen LogP contribution in [0.25, 0.3) is 0 Å². The first-order valence-corrected chi connectivity index (χ1v) is 9.12. The molecule has 0 fully saturated rings. The Morgan fingerprint density at radius 1 is 1.09 bits per heavy atom. The lowest BCUT2D eigenvalue weighted by molar-refractivity contribution is 0.0937. The van der Waals surface area contributed by atoms with Crippen LogP contribution in [0.15, 0.2) is 57.9 Å². The van der Waals surface area contributed by atoms with Gasteiger partial charge in [-0.1, -0.05) is 67.0 Å². The number of carbonyl (C=O) groups is 1. The summed E-state index contributed by atoms with van der Waals surface area (Å²) in [5, 5.41) is 0. The lowest BCUT2D eigenvalue weighted by Crippen LogP contribution is -2.13. The minimum atomic E-state index is 0.00548. The van der Waals surface area contributed by atoms with E-state index in [9.17, 15) is 4.79 Å². The van der Waals surface area contributed by atoms with E-state index in [1.807, 2.05) is 36.4 Å². The Bertz CT molecular complexity index is 644. The number of rotatable bonds is 5. The third kappa shape index (κ3) is 5.29. The molecule has 0 amide bonds. The van der Waals surface area contributed by atoms with Crippen molar-refractivity contribution in [1.29, 1.82) is 0 Å². The van der Waals surface area contributed by atoms with Crippen LogP contribution in [0.1, 0.15) is 43.1 Å². The molecule has 0 aromatic heterocycles. The van der Waals surface area contributed by atoms with Gasteiger partial charge in [0, 0.05) is 27.1 Å². The smallest absolute Gasteiger partial charge is 0.164 e. The Morgan fingerprint density at radius 2 is 1.77 bits per heavy atom. The van der Waals surface area contributed by atoms with Crippen molar-refractivity contribution < 1.29 is 4.79 Å². The lowest BCUT2D eigenvalue weighted by Gasteiger charge is -2.18. The zero-order valence-corrected chi connectivity index (χ0v) is 15.6. The first kappa shape index (κ1) is 17.3. The van der Waals surface area contributed by atoms with Gasteiger partial charge in [-0.05, 0) is 29.2 Å². The van der Waals surface area contributed by atoms with Crippen LogP contribution in [0, 0.1) is 5.41 Å². The highest BCUT2D eigenvalue weighted by Crippen LogP contribution is 2.32. The molecule has 2 aromatic rings. The normalized spacial score (nSPS) is 11.5. The second-order valence-corrected chi connectivity index (χ2v) is 8.51. The molecule has 0 aliphatic carbocycles. The zero-order valence-electron chi connectivity index (χ0n) is 13.2. The highest BCUT2D eigenvalue weighted by Gasteiger charge is 2.20. The minimum absolute atomic E-state index is 0.00548. The summed E-state index contributed by atoms with van der Waals surface area (Å²) in [6, 6.07) is 16.3. The Balaban J connectivity index is 2.19. The van der Waals surface area contributed by atoms with Gasteiger partial charge in [-0.2, -0.15) is 0 Å². The third-order valence-corrected chi connectivity index (χ3v) is 4.79. The summed E-state index contributed by atoms with van der Waals surface area (Å²) in [4.78, 5) is 13.6. The monoisotopic (exact) mass is 376 g/mol. The molecule has 0 aliphatic heterocycles. The van der Waals surface area contributed by atoms with Gasteiger partial charge in [0.1, 0.15) is 0 Å². The van der Waals surface area contributed by atoms with E-state index < -0.39 is 0 Å². The number of hydrogen-bond donors (Lipinski definition) is 0. The van der Waals surface area contributed by atoms with Crippen LogP contribution < -0.4 is 0 Å². The summed E-state index contributed by atoms with van der Waals surface area (Å²) < 4.78 is 1.01. The van der Waals surface area contributed by atoms with E-state index in [-0.39, 0.29) is 11.2 Å². The number of carbonyl (C=O) groups excluding carboxylic acids is 1. The molecule has 0 saturated carbocycles. The second kappa shape index (κ2) is 7.47. The molecule has 0 saturated heterocycles. The number of Topliss-reactive ketones (excluding diaryl/α,β-unsaturated/α-hetero) is 1. The average molecular weight is 377 g/mol. The molecule has 2 rings (SSSR count). The first-order valence-electron chi connectivity index (χ1n) is 7.35. The number of benzene rings is 2. The highest BCUT2D eigenvalue weighted by molar-refractivity contribution is 9.10. The first-order chi connectivity index (χ1) is 10.3. The molecule has 116 valence electrons. The fourth-order valence-electron chi connectivity index (χ4n) is 2.16. The molecule has 0 unspecified atom stereocenters. The molecular weight excluding hydrogens is 356 g/mol. The van der Waals surface area contributed by atoms with Crippen molar-refractivity contribution in [2.75, 3.05) is 0 Å². The van der Waals surface area contributed by atoms with E-state index in [4.69, 9.17) is 0 Å². The molecular formula is C19H21BrOS. The molecule has 22 heavy (non-hydrogen) atoms. The van der Waals surface area contributed by atoms with E-state index in [1.165, 1.54) is 5.56 Å². The molecule has 0 spiro atoms. The Kier molecular flexibility index (Phi) is 5.87. The van der Waals surface area contributed by atoms with Gasteiger partial charge >= 0.3 is 0 Å². The maximum atomic E-state index is 12.6. The maximum Gasteiger partial charge on any atom is 0.164 e. The number of thioether (sulfide) groups is 1. The summed E-state index contributed by atoms with van der Waals surface area (Å²) in [7, 11) is 0. The van der Waals surface area contributed by atoms with E-state index in [1.54, 1.807) is 11.8 Å². The van der Waals surface area contributed by atoms with Gasteiger partial charge in [0.25, 0.3) is 0 Å². The summed E-state index contributed by atoms with van der Waals surface area (Å²) in [5.74, 6) is 1.09. The van der Waals surface area contributed by atoms with E-state index in [2.05, 4.69) is 48.8 Å². The summed E-state index contributed by atoms with van der Waals surface area (Å²) in [6.07, 6.45) is 0.563. The zero-order chi connectivity index (χ0) is 16.2. The predicted octanol–water partition coefficient (Wildman–Crippen LogP) is 6.36. The van der Waals surface area contributed by atoms with Crippen molar-refractivity contribution in [1.82, 2.24) is 0 Å². The van der Waals surface area contributed by atoms with Crippen molar-refractivity contribution in [2.24, 2.45) is 5.41 Å². The van der Waals surface area contributed by atoms with Gasteiger partial charge in [-0.3, -0.25) is 4.79 Å². The standard InChI is InChI=1S/C19H21BrOS/c1-19(2,3)12-17(21)16-10-9-15(20)11-18(16)22-13-14-7-5-4-6-8-14/h4-11H,12-13H2,1-3H3. The summed E-state index contributed by atoms with van der Waals surface area (Å²) in [5.41, 5.74) is 2.10. The quantitative estimate of drug-likeness (QED) is 0.445. The summed E-state index contributed by atoms with van der Waals surface area (Å²) in [6.45, 7) is 6.29. The topological polar surface area (TPSA) is 17.1 Å². The van der Waals surface area contributed by atoms with Crippen LogP contribution in [0.5, 0.6) is 0 Å². The number of ketones is 1. The van der Waals surface area contributed by atoms with Crippen LogP contribution in [0.3, 0.4) is 0 Å². The molecule has 0 N–H and O–H groups in total. The Hall–Kier alpha value is -1.06. The van der Waals surface area contributed by atoms with Crippen molar-refractivity contribution >= 4 is 33.5 Å². The third-order valence-electron chi connectivity index (χ3n) is 3.17. The molecule has 3 heteroatoms. The molecule has 0 aliphatic rings. The lowest BCUT2D eigenvalue weighted by atomic mass is 9.88. The average Bonchev–Trinajstić information content (AvgIpc) is 2.44. The van der Waals surface area contributed by atoms with Crippen LogP contribution in [0.2, 0.25) is 0 Å². The maximum absolute atomic E-state index is 12.6. The molecule has 0 bridgehead atoms. The highest BCUT2D eigenvalue weighted by atomic mass is 79.9. The van der Waals surface area contributed by atoms with Crippen LogP contribution >= 0.6 is 27.7 Å².